The van der Waals surface area contributed by atoms with Gasteiger partial charge in [0.25, 0.3) is 0 Å². The molecular weight excluding hydrogens is 188 g/mol. The number of hydrogen-bond acceptors (Lipinski definition) is 3. The number of aryl methyl sites for hydroxylation is 1. The first-order valence-corrected chi connectivity index (χ1v) is 5.41. The molecule has 1 saturated heterocycles. The van der Waals surface area contributed by atoms with E-state index in [9.17, 15) is 0 Å². The highest BCUT2D eigenvalue weighted by molar-refractivity contribution is 5.23. The second kappa shape index (κ2) is 4.75. The average Bonchev–Trinajstić information content (AvgIpc) is 2.30. The van der Waals surface area contributed by atoms with E-state index >= 15 is 0 Å². The van der Waals surface area contributed by atoms with Crippen molar-refractivity contribution in [2.45, 2.75) is 13.1 Å². The topological polar surface area (TPSA) is 38.5 Å². The Morgan fingerprint density at radius 1 is 1.20 bits per heavy atom. The number of morpholine rings is 1. The molecule has 0 aromatic heterocycles. The summed E-state index contributed by atoms with van der Waals surface area (Å²) >= 11 is 0. The minimum atomic E-state index is 0.00880. The Balaban J connectivity index is 2.05. The molecule has 15 heavy (non-hydrogen) atoms. The lowest BCUT2D eigenvalue weighted by atomic mass is 10.1. The van der Waals surface area contributed by atoms with E-state index in [1.54, 1.807) is 0 Å². The summed E-state index contributed by atoms with van der Waals surface area (Å²) in [6, 6.07) is 8.43. The van der Waals surface area contributed by atoms with Crippen molar-refractivity contribution in [3.05, 3.63) is 35.4 Å². The SMILES string of the molecule is Cc1ccc(C(N)N2CCOCC2)cc1. The normalized spacial score (nSPS) is 20.1. The predicted molar refractivity (Wildman–Crippen MR) is 60.5 cm³/mol. The average molecular weight is 206 g/mol. The molecule has 1 aliphatic rings. The second-order valence-corrected chi connectivity index (χ2v) is 4.00. The summed E-state index contributed by atoms with van der Waals surface area (Å²) in [6.45, 7) is 5.52. The summed E-state index contributed by atoms with van der Waals surface area (Å²) in [4.78, 5) is 2.26. The van der Waals surface area contributed by atoms with Gasteiger partial charge in [-0.25, -0.2) is 0 Å². The molecular formula is C12H18N2O. The van der Waals surface area contributed by atoms with Crippen LogP contribution in [0.3, 0.4) is 0 Å². The molecule has 0 radical (unpaired) electrons. The molecule has 0 amide bonds. The smallest absolute Gasteiger partial charge is 0.0837 e. The maximum atomic E-state index is 6.19. The van der Waals surface area contributed by atoms with Crippen LogP contribution in [0.15, 0.2) is 24.3 Å². The van der Waals surface area contributed by atoms with Crippen LogP contribution in [0.1, 0.15) is 17.3 Å². The highest BCUT2D eigenvalue weighted by Crippen LogP contribution is 2.16. The third-order valence-electron chi connectivity index (χ3n) is 2.86. The highest BCUT2D eigenvalue weighted by Gasteiger charge is 2.18. The van der Waals surface area contributed by atoms with Gasteiger partial charge in [0.05, 0.1) is 19.4 Å². The Morgan fingerprint density at radius 2 is 1.80 bits per heavy atom. The van der Waals surface area contributed by atoms with Crippen molar-refractivity contribution in [3.63, 3.8) is 0 Å². The number of rotatable bonds is 2. The van der Waals surface area contributed by atoms with Crippen LogP contribution < -0.4 is 5.73 Å². The van der Waals surface area contributed by atoms with Crippen LogP contribution in [0.2, 0.25) is 0 Å². The van der Waals surface area contributed by atoms with Crippen molar-refractivity contribution in [2.75, 3.05) is 26.3 Å². The third-order valence-corrected chi connectivity index (χ3v) is 2.86. The monoisotopic (exact) mass is 206 g/mol. The molecule has 2 N–H and O–H groups in total. The van der Waals surface area contributed by atoms with Gasteiger partial charge in [0.1, 0.15) is 0 Å². The van der Waals surface area contributed by atoms with Crippen molar-refractivity contribution in [3.8, 4) is 0 Å². The molecule has 82 valence electrons. The van der Waals surface area contributed by atoms with E-state index in [1.165, 1.54) is 11.1 Å². The summed E-state index contributed by atoms with van der Waals surface area (Å²) in [6.07, 6.45) is 0.00880. The molecule has 1 fully saturated rings. The molecule has 0 saturated carbocycles. The quantitative estimate of drug-likeness (QED) is 0.792. The first-order chi connectivity index (χ1) is 7.27. The van der Waals surface area contributed by atoms with E-state index in [4.69, 9.17) is 10.5 Å². The first-order valence-electron chi connectivity index (χ1n) is 5.41. The zero-order valence-corrected chi connectivity index (χ0v) is 9.15. The minimum absolute atomic E-state index is 0.00880. The molecule has 3 nitrogen and oxygen atoms in total. The van der Waals surface area contributed by atoms with Crippen molar-refractivity contribution in [1.29, 1.82) is 0 Å². The molecule has 3 heteroatoms. The third kappa shape index (κ3) is 2.56. The highest BCUT2D eigenvalue weighted by atomic mass is 16.5. The van der Waals surface area contributed by atoms with E-state index in [-0.39, 0.29) is 6.17 Å². The van der Waals surface area contributed by atoms with Gasteiger partial charge in [0, 0.05) is 13.1 Å². The van der Waals surface area contributed by atoms with E-state index < -0.39 is 0 Å². The minimum Gasteiger partial charge on any atom is -0.379 e. The lowest BCUT2D eigenvalue weighted by Crippen LogP contribution is -2.42. The summed E-state index contributed by atoms with van der Waals surface area (Å²) in [5.74, 6) is 0. The van der Waals surface area contributed by atoms with Gasteiger partial charge in [-0.05, 0) is 12.5 Å². The van der Waals surface area contributed by atoms with Crippen molar-refractivity contribution in [1.82, 2.24) is 4.90 Å². The molecule has 0 aliphatic carbocycles. The van der Waals surface area contributed by atoms with Gasteiger partial charge in [0.2, 0.25) is 0 Å². The van der Waals surface area contributed by atoms with Gasteiger partial charge in [-0.1, -0.05) is 29.8 Å². The molecule has 2 rings (SSSR count). The van der Waals surface area contributed by atoms with Crippen LogP contribution in [0, 0.1) is 6.92 Å². The standard InChI is InChI=1S/C12H18N2O/c1-10-2-4-11(5-3-10)12(13)14-6-8-15-9-7-14/h2-5,12H,6-9,13H2,1H3. The fourth-order valence-electron chi connectivity index (χ4n) is 1.83. The van der Waals surface area contributed by atoms with Crippen LogP contribution in [-0.4, -0.2) is 31.2 Å². The lowest BCUT2D eigenvalue weighted by molar-refractivity contribution is 0.0173. The van der Waals surface area contributed by atoms with Gasteiger partial charge in [-0.3, -0.25) is 4.90 Å². The number of nitrogens with zero attached hydrogens (tertiary/aromatic N) is 1. The molecule has 1 aromatic carbocycles. The number of hydrogen-bond donors (Lipinski definition) is 1. The van der Waals surface area contributed by atoms with Crippen LogP contribution in [0.25, 0.3) is 0 Å². The van der Waals surface area contributed by atoms with Crippen LogP contribution in [0.5, 0.6) is 0 Å². The first kappa shape index (κ1) is 10.6. The van der Waals surface area contributed by atoms with Gasteiger partial charge >= 0.3 is 0 Å². The molecule has 1 atom stereocenters. The number of benzene rings is 1. The Hall–Kier alpha value is -0.900. The van der Waals surface area contributed by atoms with E-state index in [0.29, 0.717) is 0 Å². The molecule has 1 aliphatic heterocycles. The van der Waals surface area contributed by atoms with Crippen LogP contribution in [-0.2, 0) is 4.74 Å². The summed E-state index contributed by atoms with van der Waals surface area (Å²) in [5, 5.41) is 0. The van der Waals surface area contributed by atoms with Gasteiger partial charge in [-0.15, -0.1) is 0 Å². The van der Waals surface area contributed by atoms with Gasteiger partial charge in [-0.2, -0.15) is 0 Å². The van der Waals surface area contributed by atoms with Crippen molar-refractivity contribution < 1.29 is 4.74 Å². The van der Waals surface area contributed by atoms with E-state index in [1.807, 2.05) is 0 Å². The van der Waals surface area contributed by atoms with Crippen LogP contribution >= 0.6 is 0 Å². The number of ether oxygens (including phenoxy) is 1. The fourth-order valence-corrected chi connectivity index (χ4v) is 1.83. The van der Waals surface area contributed by atoms with E-state index in [2.05, 4.69) is 36.1 Å². The Bertz CT molecular complexity index is 304. The Labute approximate surface area is 90.8 Å². The zero-order chi connectivity index (χ0) is 10.7. The fraction of sp³-hybridized carbons (Fsp3) is 0.500. The van der Waals surface area contributed by atoms with Gasteiger partial charge in [0.15, 0.2) is 0 Å². The lowest BCUT2D eigenvalue weighted by Gasteiger charge is -2.32. The summed E-state index contributed by atoms with van der Waals surface area (Å²) < 4.78 is 5.31. The summed E-state index contributed by atoms with van der Waals surface area (Å²) in [5.41, 5.74) is 8.64. The Kier molecular flexibility index (Phi) is 3.36. The van der Waals surface area contributed by atoms with E-state index in [0.717, 1.165) is 26.3 Å². The van der Waals surface area contributed by atoms with Crippen LogP contribution in [0.4, 0.5) is 0 Å². The second-order valence-electron chi connectivity index (χ2n) is 4.00. The maximum absolute atomic E-state index is 6.19. The Morgan fingerprint density at radius 3 is 2.40 bits per heavy atom. The number of nitrogens with two attached hydrogens (primary N) is 1. The van der Waals surface area contributed by atoms with Gasteiger partial charge < -0.3 is 10.5 Å². The molecule has 1 unspecified atom stereocenters. The summed E-state index contributed by atoms with van der Waals surface area (Å²) in [7, 11) is 0. The molecule has 1 heterocycles. The predicted octanol–water partition coefficient (Wildman–Crippen LogP) is 1.28. The van der Waals surface area contributed by atoms with Crippen molar-refractivity contribution in [2.24, 2.45) is 5.73 Å². The van der Waals surface area contributed by atoms with Crippen molar-refractivity contribution >= 4 is 0 Å². The zero-order valence-electron chi connectivity index (χ0n) is 9.15. The molecule has 1 aromatic rings. The largest absolute Gasteiger partial charge is 0.379 e. The molecule has 0 bridgehead atoms. The maximum Gasteiger partial charge on any atom is 0.0837 e. The molecule has 0 spiro atoms.